The van der Waals surface area contributed by atoms with Crippen molar-refractivity contribution in [1.29, 1.82) is 0 Å². The molecule has 0 saturated heterocycles. The molecule has 0 heterocycles. The molecule has 0 unspecified atom stereocenters. The normalized spacial score (nSPS) is 11.2. The number of nitrogens with two attached hydrogens (primary N) is 1. The van der Waals surface area contributed by atoms with Gasteiger partial charge in [-0.25, -0.2) is 0 Å². The van der Waals surface area contributed by atoms with E-state index in [0.29, 0.717) is 18.0 Å². The molecule has 0 radical (unpaired) electrons. The number of hydrogen-bond acceptors (Lipinski definition) is 2. The molecule has 1 aromatic rings. The predicted octanol–water partition coefficient (Wildman–Crippen LogP) is 2.91. The summed E-state index contributed by atoms with van der Waals surface area (Å²) in [6.07, 6.45) is 0.546. The molecule has 0 spiro atoms. The van der Waals surface area contributed by atoms with Crippen molar-refractivity contribution in [3.05, 3.63) is 35.4 Å². The zero-order valence-corrected chi connectivity index (χ0v) is 12.9. The molecule has 0 atom stereocenters. The van der Waals surface area contributed by atoms with Gasteiger partial charge in [0.1, 0.15) is 0 Å². The van der Waals surface area contributed by atoms with Gasteiger partial charge in [-0.05, 0) is 39.3 Å². The highest BCUT2D eigenvalue weighted by Crippen LogP contribution is 2.19. The van der Waals surface area contributed by atoms with Crippen LogP contribution in [0.5, 0.6) is 0 Å². The van der Waals surface area contributed by atoms with E-state index in [0.717, 1.165) is 11.1 Å². The zero-order chi connectivity index (χ0) is 14.6. The van der Waals surface area contributed by atoms with E-state index in [1.807, 2.05) is 56.9 Å². The summed E-state index contributed by atoms with van der Waals surface area (Å²) in [6.45, 7) is 8.54. The van der Waals surface area contributed by atoms with Crippen LogP contribution in [0.4, 0.5) is 0 Å². The van der Waals surface area contributed by atoms with Crippen LogP contribution in [0.25, 0.3) is 0 Å². The Bertz CT molecular complexity index is 477. The van der Waals surface area contributed by atoms with Gasteiger partial charge in [-0.15, -0.1) is 0 Å². The smallest absolute Gasteiger partial charge is 0.254 e. The Labute approximate surface area is 120 Å². The lowest BCUT2D eigenvalue weighted by Gasteiger charge is -2.36. The molecule has 0 aromatic heterocycles. The van der Waals surface area contributed by atoms with Crippen LogP contribution in [0.2, 0.25) is 0 Å². The highest BCUT2D eigenvalue weighted by atomic mass is 32.1. The van der Waals surface area contributed by atoms with Crippen molar-refractivity contribution in [3.63, 3.8) is 0 Å². The summed E-state index contributed by atoms with van der Waals surface area (Å²) in [6, 6.07) is 7.62. The summed E-state index contributed by atoms with van der Waals surface area (Å²) in [5.41, 5.74) is 7.01. The third kappa shape index (κ3) is 4.31. The Kier molecular flexibility index (Phi) is 5.06. The van der Waals surface area contributed by atoms with E-state index < -0.39 is 0 Å². The van der Waals surface area contributed by atoms with Gasteiger partial charge < -0.3 is 10.6 Å². The van der Waals surface area contributed by atoms with Gasteiger partial charge in [0.25, 0.3) is 5.91 Å². The highest BCUT2D eigenvalue weighted by Gasteiger charge is 2.27. The summed E-state index contributed by atoms with van der Waals surface area (Å²) < 4.78 is 0. The van der Waals surface area contributed by atoms with Gasteiger partial charge in [-0.3, -0.25) is 4.79 Å². The van der Waals surface area contributed by atoms with Crippen molar-refractivity contribution in [1.82, 2.24) is 4.90 Å². The van der Waals surface area contributed by atoms with Gasteiger partial charge in [0.15, 0.2) is 0 Å². The highest BCUT2D eigenvalue weighted by molar-refractivity contribution is 7.80. The fourth-order valence-corrected chi connectivity index (χ4v) is 2.01. The van der Waals surface area contributed by atoms with Gasteiger partial charge in [0.05, 0.1) is 4.99 Å². The second-order valence-electron chi connectivity index (χ2n) is 5.66. The van der Waals surface area contributed by atoms with Crippen molar-refractivity contribution >= 4 is 23.1 Å². The van der Waals surface area contributed by atoms with Crippen LogP contribution >= 0.6 is 12.2 Å². The molecular weight excluding hydrogens is 256 g/mol. The molecular formula is C15H22N2OS. The predicted molar refractivity (Wildman–Crippen MR) is 83.4 cm³/mol. The lowest BCUT2D eigenvalue weighted by Crippen LogP contribution is -2.47. The summed E-state index contributed by atoms with van der Waals surface area (Å²) in [7, 11) is 0. The van der Waals surface area contributed by atoms with Crippen molar-refractivity contribution < 1.29 is 4.79 Å². The molecule has 0 aliphatic rings. The molecule has 1 aromatic carbocycles. The minimum absolute atomic E-state index is 0.0295. The standard InChI is InChI=1S/C15H22N2OS/c1-11-7-5-6-8-12(11)14(18)17(15(2,3)4)10-9-13(16)19/h5-8H,9-10H2,1-4H3,(H2,16,19). The number of rotatable bonds is 4. The Balaban J connectivity index is 3.02. The van der Waals surface area contributed by atoms with Crippen LogP contribution in [-0.4, -0.2) is 27.9 Å². The molecule has 1 amide bonds. The lowest BCUT2D eigenvalue weighted by atomic mass is 10.0. The summed E-state index contributed by atoms with van der Waals surface area (Å²) in [4.78, 5) is 14.9. The molecule has 1 rings (SSSR count). The number of benzene rings is 1. The topological polar surface area (TPSA) is 46.3 Å². The summed E-state index contributed by atoms with van der Waals surface area (Å²) >= 11 is 4.91. The van der Waals surface area contributed by atoms with Crippen molar-refractivity contribution in [2.45, 2.75) is 39.7 Å². The molecule has 19 heavy (non-hydrogen) atoms. The maximum atomic E-state index is 12.7. The molecule has 0 bridgehead atoms. The fourth-order valence-electron chi connectivity index (χ4n) is 1.92. The Morgan fingerprint density at radius 2 is 1.89 bits per heavy atom. The number of carbonyl (C=O) groups is 1. The minimum Gasteiger partial charge on any atom is -0.393 e. The third-order valence-electron chi connectivity index (χ3n) is 3.01. The van der Waals surface area contributed by atoms with Crippen LogP contribution in [0.3, 0.4) is 0 Å². The first-order valence-corrected chi connectivity index (χ1v) is 6.80. The Hall–Kier alpha value is -1.42. The molecule has 0 fully saturated rings. The van der Waals surface area contributed by atoms with Gasteiger partial charge in [-0.2, -0.15) is 0 Å². The average molecular weight is 278 g/mol. The van der Waals surface area contributed by atoms with E-state index in [1.54, 1.807) is 0 Å². The van der Waals surface area contributed by atoms with Gasteiger partial charge in [-0.1, -0.05) is 30.4 Å². The molecule has 2 N–H and O–H groups in total. The Morgan fingerprint density at radius 3 is 2.37 bits per heavy atom. The number of carbonyl (C=O) groups excluding carboxylic acids is 1. The number of amides is 1. The largest absolute Gasteiger partial charge is 0.393 e. The zero-order valence-electron chi connectivity index (χ0n) is 12.1. The maximum absolute atomic E-state index is 12.7. The number of aryl methyl sites for hydroxylation is 1. The van der Waals surface area contributed by atoms with Crippen molar-refractivity contribution in [2.24, 2.45) is 5.73 Å². The van der Waals surface area contributed by atoms with E-state index in [4.69, 9.17) is 18.0 Å². The van der Waals surface area contributed by atoms with Gasteiger partial charge in [0.2, 0.25) is 0 Å². The molecule has 104 valence electrons. The van der Waals surface area contributed by atoms with Crippen LogP contribution < -0.4 is 5.73 Å². The van der Waals surface area contributed by atoms with Crippen LogP contribution in [0, 0.1) is 6.92 Å². The van der Waals surface area contributed by atoms with Crippen molar-refractivity contribution in [3.8, 4) is 0 Å². The SMILES string of the molecule is Cc1ccccc1C(=O)N(CCC(N)=S)C(C)(C)C. The number of nitrogens with zero attached hydrogens (tertiary/aromatic N) is 1. The maximum Gasteiger partial charge on any atom is 0.254 e. The molecule has 0 aliphatic carbocycles. The molecule has 0 aliphatic heterocycles. The van der Waals surface area contributed by atoms with E-state index in [-0.39, 0.29) is 11.4 Å². The molecule has 4 heteroatoms. The summed E-state index contributed by atoms with van der Waals surface area (Å²) in [5.74, 6) is 0.0295. The van der Waals surface area contributed by atoms with Crippen molar-refractivity contribution in [2.75, 3.05) is 6.54 Å². The van der Waals surface area contributed by atoms with Crippen LogP contribution in [0.1, 0.15) is 43.1 Å². The second-order valence-corrected chi connectivity index (χ2v) is 6.18. The van der Waals surface area contributed by atoms with Gasteiger partial charge >= 0.3 is 0 Å². The van der Waals surface area contributed by atoms with Crippen LogP contribution in [0.15, 0.2) is 24.3 Å². The van der Waals surface area contributed by atoms with E-state index in [1.165, 1.54) is 0 Å². The van der Waals surface area contributed by atoms with E-state index in [9.17, 15) is 4.79 Å². The fraction of sp³-hybridized carbons (Fsp3) is 0.467. The van der Waals surface area contributed by atoms with E-state index in [2.05, 4.69) is 0 Å². The van der Waals surface area contributed by atoms with E-state index >= 15 is 0 Å². The minimum atomic E-state index is -0.260. The summed E-state index contributed by atoms with van der Waals surface area (Å²) in [5, 5.41) is 0. The third-order valence-corrected chi connectivity index (χ3v) is 3.22. The monoisotopic (exact) mass is 278 g/mol. The first-order chi connectivity index (χ1) is 8.73. The lowest BCUT2D eigenvalue weighted by molar-refractivity contribution is 0.0590. The molecule has 0 saturated carbocycles. The molecule has 3 nitrogen and oxygen atoms in total. The number of thiocarbonyl (C=S) groups is 1. The second kappa shape index (κ2) is 6.15. The first kappa shape index (κ1) is 15.6. The number of hydrogen-bond donors (Lipinski definition) is 1. The quantitative estimate of drug-likeness (QED) is 0.861. The average Bonchev–Trinajstić information content (AvgIpc) is 2.27. The Morgan fingerprint density at radius 1 is 1.32 bits per heavy atom. The van der Waals surface area contributed by atoms with Crippen LogP contribution in [-0.2, 0) is 0 Å². The van der Waals surface area contributed by atoms with Gasteiger partial charge in [0, 0.05) is 24.1 Å². The first-order valence-electron chi connectivity index (χ1n) is 6.39.